The van der Waals surface area contributed by atoms with Crippen molar-refractivity contribution in [1.82, 2.24) is 19.7 Å². The lowest BCUT2D eigenvalue weighted by Crippen LogP contribution is -2.38. The van der Waals surface area contributed by atoms with Gasteiger partial charge in [-0.1, -0.05) is 48.2 Å². The molecule has 1 aliphatic heterocycles. The van der Waals surface area contributed by atoms with Gasteiger partial charge < -0.3 is 18.9 Å². The Morgan fingerprint density at radius 2 is 2.09 bits per heavy atom. The number of hydrogen-bond acceptors (Lipinski definition) is 6. The second-order valence-electron chi connectivity index (χ2n) is 8.41. The third-order valence-corrected chi connectivity index (χ3v) is 7.00. The van der Waals surface area contributed by atoms with Crippen LogP contribution in [0.25, 0.3) is 11.4 Å². The van der Waals surface area contributed by atoms with E-state index in [-0.39, 0.29) is 12.0 Å². The van der Waals surface area contributed by atoms with Crippen LogP contribution in [0.4, 0.5) is 0 Å². The van der Waals surface area contributed by atoms with E-state index in [1.807, 2.05) is 41.3 Å². The van der Waals surface area contributed by atoms with E-state index < -0.39 is 0 Å². The lowest BCUT2D eigenvalue weighted by Gasteiger charge is -2.25. The van der Waals surface area contributed by atoms with Gasteiger partial charge in [-0.2, -0.15) is 0 Å². The van der Waals surface area contributed by atoms with Crippen LogP contribution in [0.5, 0.6) is 5.75 Å². The number of hydrogen-bond donors (Lipinski definition) is 0. The minimum Gasteiger partial charge on any atom is -0.497 e. The van der Waals surface area contributed by atoms with E-state index in [4.69, 9.17) is 9.47 Å². The molecule has 1 saturated heterocycles. The van der Waals surface area contributed by atoms with Crippen molar-refractivity contribution in [3.05, 3.63) is 59.7 Å². The molecule has 2 heterocycles. The van der Waals surface area contributed by atoms with E-state index in [2.05, 4.69) is 40.7 Å². The standard InChI is InChI=1S/C26H32N4O3S/c1-4-30-25(23-13-6-5-9-19(23)2)27-28-26(30)34-18-24(31)29(17-22-12-8-14-33-22)16-20-10-7-11-21(15-20)32-3/h5-7,9-11,13,15,22H,4,8,12,14,16-18H2,1-3H3. The summed E-state index contributed by atoms with van der Waals surface area (Å²) in [7, 11) is 1.65. The average Bonchev–Trinajstić information content (AvgIpc) is 3.52. The Bertz CT molecular complexity index is 1110. The highest BCUT2D eigenvalue weighted by atomic mass is 32.2. The molecule has 0 radical (unpaired) electrons. The van der Waals surface area contributed by atoms with Crippen molar-refractivity contribution in [2.24, 2.45) is 0 Å². The summed E-state index contributed by atoms with van der Waals surface area (Å²) in [5, 5.41) is 9.61. The fourth-order valence-electron chi connectivity index (χ4n) is 4.20. The molecule has 1 aliphatic rings. The van der Waals surface area contributed by atoms with Gasteiger partial charge in [0.1, 0.15) is 5.75 Å². The zero-order valence-corrected chi connectivity index (χ0v) is 20.9. The fraction of sp³-hybridized carbons (Fsp3) is 0.423. The second kappa shape index (κ2) is 11.5. The van der Waals surface area contributed by atoms with E-state index >= 15 is 0 Å². The number of benzene rings is 2. The van der Waals surface area contributed by atoms with Crippen molar-refractivity contribution in [3.8, 4) is 17.1 Å². The van der Waals surface area contributed by atoms with Gasteiger partial charge in [0, 0.05) is 31.8 Å². The van der Waals surface area contributed by atoms with Gasteiger partial charge in [0.05, 0.1) is 19.0 Å². The van der Waals surface area contributed by atoms with Crippen LogP contribution in [0.15, 0.2) is 53.7 Å². The van der Waals surface area contributed by atoms with Crippen LogP contribution in [0, 0.1) is 6.92 Å². The topological polar surface area (TPSA) is 69.5 Å². The molecule has 0 N–H and O–H groups in total. The molecule has 0 aliphatic carbocycles. The molecule has 7 nitrogen and oxygen atoms in total. The summed E-state index contributed by atoms with van der Waals surface area (Å²) in [6, 6.07) is 16.0. The van der Waals surface area contributed by atoms with Gasteiger partial charge in [-0.05, 0) is 49.9 Å². The summed E-state index contributed by atoms with van der Waals surface area (Å²) in [4.78, 5) is 15.3. The Morgan fingerprint density at radius 1 is 1.24 bits per heavy atom. The van der Waals surface area contributed by atoms with Gasteiger partial charge in [0.15, 0.2) is 11.0 Å². The fourth-order valence-corrected chi connectivity index (χ4v) is 5.11. The number of thioether (sulfide) groups is 1. The lowest BCUT2D eigenvalue weighted by atomic mass is 10.1. The van der Waals surface area contributed by atoms with Crippen LogP contribution in [0.3, 0.4) is 0 Å². The van der Waals surface area contributed by atoms with Crippen molar-refractivity contribution < 1.29 is 14.3 Å². The van der Waals surface area contributed by atoms with Gasteiger partial charge in [-0.15, -0.1) is 10.2 Å². The highest BCUT2D eigenvalue weighted by molar-refractivity contribution is 7.99. The molecule has 3 aromatic rings. The summed E-state index contributed by atoms with van der Waals surface area (Å²) in [5.74, 6) is 1.98. The number of carbonyl (C=O) groups is 1. The first kappa shape index (κ1) is 24.3. The van der Waals surface area contributed by atoms with Crippen molar-refractivity contribution in [1.29, 1.82) is 0 Å². The molecule has 1 atom stereocenters. The van der Waals surface area contributed by atoms with Crippen LogP contribution in [-0.4, -0.2) is 57.7 Å². The van der Waals surface area contributed by atoms with E-state index in [1.54, 1.807) is 7.11 Å². The lowest BCUT2D eigenvalue weighted by molar-refractivity contribution is -0.130. The molecule has 8 heteroatoms. The minimum absolute atomic E-state index is 0.0615. The Morgan fingerprint density at radius 3 is 2.82 bits per heavy atom. The number of nitrogens with zero attached hydrogens (tertiary/aromatic N) is 4. The molecule has 1 aromatic heterocycles. The number of carbonyl (C=O) groups excluding carboxylic acids is 1. The van der Waals surface area contributed by atoms with Crippen LogP contribution >= 0.6 is 11.8 Å². The first-order valence-corrected chi connectivity index (χ1v) is 12.7. The normalized spacial score (nSPS) is 15.4. The molecule has 1 unspecified atom stereocenters. The Hall–Kier alpha value is -2.84. The zero-order chi connectivity index (χ0) is 23.9. The van der Waals surface area contributed by atoms with Crippen LogP contribution < -0.4 is 4.74 Å². The highest BCUT2D eigenvalue weighted by Gasteiger charge is 2.24. The Labute approximate surface area is 205 Å². The maximum Gasteiger partial charge on any atom is 0.233 e. The predicted molar refractivity (Wildman–Crippen MR) is 134 cm³/mol. The third-order valence-electron chi connectivity index (χ3n) is 6.05. The number of aryl methyl sites for hydroxylation is 1. The molecule has 1 fully saturated rings. The monoisotopic (exact) mass is 480 g/mol. The number of aromatic nitrogens is 3. The molecule has 0 spiro atoms. The molecule has 2 aromatic carbocycles. The largest absolute Gasteiger partial charge is 0.497 e. The third kappa shape index (κ3) is 5.80. The maximum atomic E-state index is 13.4. The van der Waals surface area contributed by atoms with Gasteiger partial charge in [0.25, 0.3) is 0 Å². The van der Waals surface area contributed by atoms with Gasteiger partial charge in [-0.25, -0.2) is 0 Å². The Balaban J connectivity index is 1.48. The zero-order valence-electron chi connectivity index (χ0n) is 20.1. The Kier molecular flexibility index (Phi) is 8.24. The van der Waals surface area contributed by atoms with Crippen LogP contribution in [0.1, 0.15) is 30.9 Å². The molecule has 180 valence electrons. The average molecular weight is 481 g/mol. The smallest absolute Gasteiger partial charge is 0.233 e. The minimum atomic E-state index is 0.0615. The quantitative estimate of drug-likeness (QED) is 0.396. The summed E-state index contributed by atoms with van der Waals surface area (Å²) < 4.78 is 13.3. The number of ether oxygens (including phenoxy) is 2. The van der Waals surface area contributed by atoms with E-state index in [0.717, 1.165) is 59.4 Å². The van der Waals surface area contributed by atoms with E-state index in [1.165, 1.54) is 11.8 Å². The van der Waals surface area contributed by atoms with Crippen molar-refractivity contribution >= 4 is 17.7 Å². The second-order valence-corrected chi connectivity index (χ2v) is 9.36. The maximum absolute atomic E-state index is 13.4. The highest BCUT2D eigenvalue weighted by Crippen LogP contribution is 2.27. The predicted octanol–water partition coefficient (Wildman–Crippen LogP) is 4.58. The SMILES string of the molecule is CCn1c(SCC(=O)N(Cc2cccc(OC)c2)CC2CCCO2)nnc1-c1ccccc1C. The van der Waals surface area contributed by atoms with E-state index in [0.29, 0.717) is 18.8 Å². The summed E-state index contributed by atoms with van der Waals surface area (Å²) in [5.41, 5.74) is 3.25. The first-order chi connectivity index (χ1) is 16.6. The summed E-state index contributed by atoms with van der Waals surface area (Å²) in [6.07, 6.45) is 2.12. The van der Waals surface area contributed by atoms with Crippen molar-refractivity contribution in [2.75, 3.05) is 26.0 Å². The van der Waals surface area contributed by atoms with Gasteiger partial charge in [-0.3, -0.25) is 4.79 Å². The van der Waals surface area contributed by atoms with Crippen molar-refractivity contribution in [2.45, 2.75) is 51.0 Å². The van der Waals surface area contributed by atoms with E-state index in [9.17, 15) is 4.79 Å². The van der Waals surface area contributed by atoms with Crippen molar-refractivity contribution in [3.63, 3.8) is 0 Å². The molecular weight excluding hydrogens is 448 g/mol. The first-order valence-electron chi connectivity index (χ1n) is 11.7. The summed E-state index contributed by atoms with van der Waals surface area (Å²) in [6.45, 7) is 6.75. The molecule has 0 bridgehead atoms. The van der Waals surface area contributed by atoms with Gasteiger partial charge >= 0.3 is 0 Å². The molecular formula is C26H32N4O3S. The van der Waals surface area contributed by atoms with Crippen LogP contribution in [0.2, 0.25) is 0 Å². The summed E-state index contributed by atoms with van der Waals surface area (Å²) >= 11 is 1.44. The molecule has 4 rings (SSSR count). The molecule has 1 amide bonds. The van der Waals surface area contributed by atoms with Crippen LogP contribution in [-0.2, 0) is 22.6 Å². The van der Waals surface area contributed by atoms with Gasteiger partial charge in [0.2, 0.25) is 5.91 Å². The molecule has 0 saturated carbocycles. The molecule has 34 heavy (non-hydrogen) atoms. The number of amides is 1. The number of methoxy groups -OCH3 is 1. The number of rotatable bonds is 10.